The zero-order valence-corrected chi connectivity index (χ0v) is 14.5. The molecule has 0 heterocycles. The lowest BCUT2D eigenvalue weighted by Crippen LogP contribution is -2.02. The van der Waals surface area contributed by atoms with Gasteiger partial charge in [0.2, 0.25) is 0 Å². The molecule has 0 saturated heterocycles. The third-order valence-electron chi connectivity index (χ3n) is 4.06. The summed E-state index contributed by atoms with van der Waals surface area (Å²) in [7, 11) is 0. The van der Waals surface area contributed by atoms with Crippen LogP contribution in [-0.4, -0.2) is 32.0 Å². The second kappa shape index (κ2) is 9.66. The van der Waals surface area contributed by atoms with E-state index in [0.717, 1.165) is 0 Å². The lowest BCUT2D eigenvalue weighted by atomic mass is 10.0. The van der Waals surface area contributed by atoms with Crippen LogP contribution in [0.4, 0.5) is 5.69 Å². The summed E-state index contributed by atoms with van der Waals surface area (Å²) in [6.07, 6.45) is -0.0626. The number of nitro benzene ring substituents is 1. The quantitative estimate of drug-likeness (QED) is 0.321. The fraction of sp³-hybridized carbons (Fsp3) is 0.250. The summed E-state index contributed by atoms with van der Waals surface area (Å²) in [6, 6.07) is 12.0. The number of nitrogens with zero attached hydrogens (tertiary/aromatic N) is 1. The molecule has 0 radical (unpaired) electrons. The number of hydrogen-bond acceptors (Lipinski definition) is 6. The van der Waals surface area contributed by atoms with Crippen LogP contribution in [0.25, 0.3) is 0 Å². The van der Waals surface area contributed by atoms with Crippen LogP contribution >= 0.6 is 0 Å². The number of hydrogen-bond donors (Lipinski definition) is 4. The van der Waals surface area contributed by atoms with Crippen molar-refractivity contribution in [3.05, 3.63) is 87.2 Å². The number of benzene rings is 2. The van der Waals surface area contributed by atoms with E-state index in [-0.39, 0.29) is 30.9 Å². The van der Waals surface area contributed by atoms with E-state index in [2.05, 4.69) is 5.73 Å². The second-order valence-corrected chi connectivity index (χ2v) is 5.99. The molecule has 0 aliphatic carbocycles. The van der Waals surface area contributed by atoms with Gasteiger partial charge in [0, 0.05) is 30.5 Å². The summed E-state index contributed by atoms with van der Waals surface area (Å²) < 4.78 is 0. The van der Waals surface area contributed by atoms with E-state index in [9.17, 15) is 30.5 Å². The van der Waals surface area contributed by atoms with Crippen LogP contribution in [0.15, 0.2) is 65.9 Å². The second-order valence-electron chi connectivity index (χ2n) is 5.99. The van der Waals surface area contributed by atoms with Crippen molar-refractivity contribution in [1.82, 2.24) is 0 Å². The Bertz CT molecular complexity index is 840. The van der Waals surface area contributed by atoms with Crippen molar-refractivity contribution >= 4 is 5.69 Å². The van der Waals surface area contributed by atoms with Gasteiger partial charge in [-0.05, 0) is 35.4 Å². The number of aliphatic hydroxyl groups is 3. The van der Waals surface area contributed by atoms with Crippen LogP contribution in [0.1, 0.15) is 36.2 Å². The number of rotatable bonds is 8. The van der Waals surface area contributed by atoms with Gasteiger partial charge in [0.25, 0.3) is 5.69 Å². The maximum absolute atomic E-state index is 10.7. The highest BCUT2D eigenvalue weighted by atomic mass is 16.6. The Hall–Kier alpha value is -2.96. The molecule has 2 aromatic carbocycles. The van der Waals surface area contributed by atoms with E-state index in [1.54, 1.807) is 18.2 Å². The van der Waals surface area contributed by atoms with Crippen molar-refractivity contribution in [2.24, 2.45) is 0 Å². The largest absolute Gasteiger partial charge is 0.508 e. The van der Waals surface area contributed by atoms with Gasteiger partial charge in [-0.2, -0.15) is 0 Å². The van der Waals surface area contributed by atoms with E-state index in [1.807, 2.05) is 0 Å². The number of para-hydroxylation sites is 1. The van der Waals surface area contributed by atoms with Gasteiger partial charge < -0.3 is 20.4 Å². The van der Waals surface area contributed by atoms with Gasteiger partial charge in [0.15, 0.2) is 0 Å². The third kappa shape index (κ3) is 5.77. The molecule has 0 bridgehead atoms. The Morgan fingerprint density at radius 1 is 1.11 bits per heavy atom. The average molecular weight is 371 g/mol. The Balaban J connectivity index is 2.03. The highest BCUT2D eigenvalue weighted by molar-refractivity contribution is 5.35. The third-order valence-corrected chi connectivity index (χ3v) is 4.06. The van der Waals surface area contributed by atoms with Gasteiger partial charge in [-0.3, -0.25) is 10.1 Å². The normalized spacial score (nSPS) is 12.7. The van der Waals surface area contributed by atoms with Gasteiger partial charge >= 0.3 is 0 Å². The number of phenols is 1. The standard InChI is InChI=1S/C20H21NO6/c22-13-14(4-3-7-19(24)17-5-1-2-6-18(17)23)12-20(25)15-8-10-16(11-9-15)21(26)27/h1-3,5-6,8-11,19-20,22-25H,7,12-13H2/t4?,19-,20-/m1/s1. The van der Waals surface area contributed by atoms with Crippen molar-refractivity contribution in [2.45, 2.75) is 25.0 Å². The van der Waals surface area contributed by atoms with Gasteiger partial charge in [-0.25, -0.2) is 0 Å². The van der Waals surface area contributed by atoms with Gasteiger partial charge in [-0.15, -0.1) is 5.73 Å². The number of aromatic hydroxyl groups is 1. The summed E-state index contributed by atoms with van der Waals surface area (Å²) in [4.78, 5) is 10.1. The predicted octanol–water partition coefficient (Wildman–Crippen LogP) is 2.92. The summed E-state index contributed by atoms with van der Waals surface area (Å²) in [5.41, 5.74) is 4.09. The monoisotopic (exact) mass is 371 g/mol. The number of aliphatic hydroxyl groups excluding tert-OH is 3. The summed E-state index contributed by atoms with van der Waals surface area (Å²) >= 11 is 0. The molecule has 7 nitrogen and oxygen atoms in total. The van der Waals surface area contributed by atoms with Crippen LogP contribution < -0.4 is 0 Å². The minimum Gasteiger partial charge on any atom is -0.508 e. The van der Waals surface area contributed by atoms with Crippen LogP contribution in [0.5, 0.6) is 5.75 Å². The number of nitro groups is 1. The molecular weight excluding hydrogens is 350 g/mol. The summed E-state index contributed by atoms with van der Waals surface area (Å²) in [5, 5.41) is 50.2. The molecule has 2 aromatic rings. The Morgan fingerprint density at radius 3 is 2.37 bits per heavy atom. The van der Waals surface area contributed by atoms with Crippen LogP contribution in [0, 0.1) is 10.1 Å². The van der Waals surface area contributed by atoms with E-state index in [4.69, 9.17) is 0 Å². The van der Waals surface area contributed by atoms with Crippen molar-refractivity contribution < 1.29 is 25.3 Å². The highest BCUT2D eigenvalue weighted by Crippen LogP contribution is 2.26. The molecular formula is C20H21NO6. The topological polar surface area (TPSA) is 124 Å². The Morgan fingerprint density at radius 2 is 1.78 bits per heavy atom. The smallest absolute Gasteiger partial charge is 0.269 e. The van der Waals surface area contributed by atoms with Crippen molar-refractivity contribution in [3.8, 4) is 5.75 Å². The first-order valence-corrected chi connectivity index (χ1v) is 8.34. The van der Waals surface area contributed by atoms with E-state index >= 15 is 0 Å². The molecule has 2 rings (SSSR count). The molecule has 0 unspecified atom stereocenters. The van der Waals surface area contributed by atoms with Gasteiger partial charge in [0.05, 0.1) is 23.7 Å². The Kier molecular flexibility index (Phi) is 7.28. The fourth-order valence-corrected chi connectivity index (χ4v) is 2.55. The highest BCUT2D eigenvalue weighted by Gasteiger charge is 2.13. The van der Waals surface area contributed by atoms with Gasteiger partial charge in [0.1, 0.15) is 5.75 Å². The molecule has 4 N–H and O–H groups in total. The minimum absolute atomic E-state index is 0.00152. The number of non-ortho nitro benzene ring substituents is 1. The van der Waals surface area contributed by atoms with Gasteiger partial charge in [-0.1, -0.05) is 18.2 Å². The molecule has 0 saturated carbocycles. The maximum Gasteiger partial charge on any atom is 0.269 e. The van der Waals surface area contributed by atoms with E-state index < -0.39 is 17.1 Å². The van der Waals surface area contributed by atoms with Crippen molar-refractivity contribution in [1.29, 1.82) is 0 Å². The number of phenolic OH excluding ortho intramolecular Hbond substituents is 1. The zero-order valence-electron chi connectivity index (χ0n) is 14.5. The molecule has 142 valence electrons. The molecule has 27 heavy (non-hydrogen) atoms. The van der Waals surface area contributed by atoms with Crippen LogP contribution in [0.2, 0.25) is 0 Å². The molecule has 0 aliphatic rings. The zero-order chi connectivity index (χ0) is 19.8. The Labute approximate surface area is 156 Å². The predicted molar refractivity (Wildman–Crippen MR) is 99.0 cm³/mol. The van der Waals surface area contributed by atoms with E-state index in [0.29, 0.717) is 16.7 Å². The molecule has 0 aromatic heterocycles. The molecule has 0 aliphatic heterocycles. The van der Waals surface area contributed by atoms with Crippen LogP contribution in [-0.2, 0) is 0 Å². The van der Waals surface area contributed by atoms with Crippen molar-refractivity contribution in [2.75, 3.05) is 6.61 Å². The molecule has 0 fully saturated rings. The molecule has 2 atom stereocenters. The van der Waals surface area contributed by atoms with E-state index in [1.165, 1.54) is 36.4 Å². The fourth-order valence-electron chi connectivity index (χ4n) is 2.55. The molecule has 0 spiro atoms. The average Bonchev–Trinajstić information content (AvgIpc) is 2.67. The maximum atomic E-state index is 10.7. The first-order chi connectivity index (χ1) is 12.9. The van der Waals surface area contributed by atoms with Crippen molar-refractivity contribution in [3.63, 3.8) is 0 Å². The summed E-state index contributed by atoms with van der Waals surface area (Å²) in [6.45, 7) is -0.326. The minimum atomic E-state index is -0.947. The summed E-state index contributed by atoms with van der Waals surface area (Å²) in [5.74, 6) is -0.00152. The molecule has 7 heteroatoms. The SMILES string of the molecule is O=[N+]([O-])c1ccc([C@H](O)CC(=C=CC[C@@H](O)c2ccccc2O)CO)cc1. The lowest BCUT2D eigenvalue weighted by Gasteiger charge is -2.11. The lowest BCUT2D eigenvalue weighted by molar-refractivity contribution is -0.384. The van der Waals surface area contributed by atoms with Crippen LogP contribution in [0.3, 0.4) is 0 Å². The molecule has 0 amide bonds. The first kappa shape index (κ1) is 20.4. The first-order valence-electron chi connectivity index (χ1n) is 8.34.